The first-order valence-corrected chi connectivity index (χ1v) is 6.05. The Morgan fingerprint density at radius 2 is 1.67 bits per heavy atom. The van der Waals surface area contributed by atoms with E-state index in [4.69, 9.17) is 4.74 Å². The van der Waals surface area contributed by atoms with Crippen molar-refractivity contribution in [3.8, 4) is 0 Å². The van der Waals surface area contributed by atoms with Gasteiger partial charge < -0.3 is 14.9 Å². The molecular weight excluding hydrogens is 192 g/mol. The van der Waals surface area contributed by atoms with Crippen LogP contribution in [0.1, 0.15) is 45.4 Å². The van der Waals surface area contributed by atoms with Crippen LogP contribution in [0.3, 0.4) is 0 Å². The predicted octanol–water partition coefficient (Wildman–Crippen LogP) is 1.22. The Morgan fingerprint density at radius 3 is 2.13 bits per heavy atom. The summed E-state index contributed by atoms with van der Waals surface area (Å²) in [4.78, 5) is 0. The van der Waals surface area contributed by atoms with Crippen LogP contribution in [0.5, 0.6) is 0 Å². The van der Waals surface area contributed by atoms with E-state index < -0.39 is 11.2 Å². The third kappa shape index (κ3) is 1.44. The molecule has 4 rings (SSSR count). The molecule has 3 heteroatoms. The van der Waals surface area contributed by atoms with Gasteiger partial charge in [0.2, 0.25) is 0 Å². The summed E-state index contributed by atoms with van der Waals surface area (Å²) in [6.45, 7) is 2.67. The van der Waals surface area contributed by atoms with Crippen molar-refractivity contribution in [1.82, 2.24) is 0 Å². The minimum absolute atomic E-state index is 0.225. The third-order valence-corrected chi connectivity index (χ3v) is 4.41. The quantitative estimate of drug-likeness (QED) is 0.723. The first-order valence-electron chi connectivity index (χ1n) is 6.05. The van der Waals surface area contributed by atoms with Crippen molar-refractivity contribution in [1.29, 1.82) is 0 Å². The lowest BCUT2D eigenvalue weighted by molar-refractivity contribution is -0.266. The average Bonchev–Trinajstić information content (AvgIpc) is 1.94. The second kappa shape index (κ2) is 2.76. The maximum absolute atomic E-state index is 10.4. The molecule has 2 unspecified atom stereocenters. The Kier molecular flexibility index (Phi) is 1.85. The van der Waals surface area contributed by atoms with E-state index in [-0.39, 0.29) is 5.60 Å². The Bertz CT molecular complexity index is 271. The smallest absolute Gasteiger partial charge is 0.0739 e. The number of ether oxygens (including phenoxy) is 1. The van der Waals surface area contributed by atoms with Gasteiger partial charge in [0.1, 0.15) is 0 Å². The van der Waals surface area contributed by atoms with Crippen LogP contribution in [0, 0.1) is 5.92 Å². The monoisotopic (exact) mass is 212 g/mol. The molecule has 4 saturated carbocycles. The highest BCUT2D eigenvalue weighted by molar-refractivity contribution is 5.15. The van der Waals surface area contributed by atoms with Crippen LogP contribution in [0.4, 0.5) is 0 Å². The van der Waals surface area contributed by atoms with Crippen molar-refractivity contribution >= 4 is 0 Å². The van der Waals surface area contributed by atoms with Gasteiger partial charge in [-0.15, -0.1) is 0 Å². The van der Waals surface area contributed by atoms with Gasteiger partial charge in [0.15, 0.2) is 0 Å². The van der Waals surface area contributed by atoms with Crippen LogP contribution in [0.2, 0.25) is 0 Å². The van der Waals surface area contributed by atoms with E-state index in [0.717, 1.165) is 32.1 Å². The highest BCUT2D eigenvalue weighted by Gasteiger charge is 2.63. The van der Waals surface area contributed by atoms with Gasteiger partial charge in [-0.1, -0.05) is 0 Å². The Labute approximate surface area is 90.4 Å². The van der Waals surface area contributed by atoms with Crippen molar-refractivity contribution in [2.45, 2.75) is 62.3 Å². The number of rotatable bonds is 2. The molecule has 0 spiro atoms. The van der Waals surface area contributed by atoms with Gasteiger partial charge in [0.25, 0.3) is 0 Å². The van der Waals surface area contributed by atoms with Gasteiger partial charge in [-0.2, -0.15) is 0 Å². The molecule has 86 valence electrons. The van der Waals surface area contributed by atoms with Crippen LogP contribution < -0.4 is 0 Å². The second-order valence-electron chi connectivity index (χ2n) is 6.07. The van der Waals surface area contributed by atoms with E-state index in [2.05, 4.69) is 0 Å². The van der Waals surface area contributed by atoms with Crippen molar-refractivity contribution in [2.24, 2.45) is 5.92 Å². The largest absolute Gasteiger partial charge is 0.390 e. The summed E-state index contributed by atoms with van der Waals surface area (Å²) in [6, 6.07) is 0. The number of aliphatic hydroxyl groups is 2. The van der Waals surface area contributed by atoms with E-state index in [1.54, 1.807) is 0 Å². The first kappa shape index (κ1) is 10.1. The lowest BCUT2D eigenvalue weighted by atomic mass is 9.50. The highest BCUT2D eigenvalue weighted by Crippen LogP contribution is 2.60. The zero-order valence-corrected chi connectivity index (χ0v) is 9.33. The standard InChI is InChI=1S/C12H20O3/c1-2-15-12-5-9-3-10(13,7-12)6-11(14,4-9)8-12/h9,13-14H,2-8H2,1H3. The van der Waals surface area contributed by atoms with E-state index >= 15 is 0 Å². The molecule has 4 aliphatic rings. The molecule has 0 heterocycles. The molecular formula is C12H20O3. The Hall–Kier alpha value is -0.120. The van der Waals surface area contributed by atoms with Crippen LogP contribution >= 0.6 is 0 Å². The van der Waals surface area contributed by atoms with Gasteiger partial charge >= 0.3 is 0 Å². The first-order chi connectivity index (χ1) is 6.97. The molecule has 0 amide bonds. The van der Waals surface area contributed by atoms with Gasteiger partial charge in [-0.05, 0) is 32.1 Å². The maximum Gasteiger partial charge on any atom is 0.0739 e. The van der Waals surface area contributed by atoms with Crippen LogP contribution in [0.15, 0.2) is 0 Å². The normalized spacial score (nSPS) is 57.4. The molecule has 0 aromatic heterocycles. The molecule has 0 saturated heterocycles. The van der Waals surface area contributed by atoms with Gasteiger partial charge in [0.05, 0.1) is 16.8 Å². The van der Waals surface area contributed by atoms with Gasteiger partial charge in [-0.25, -0.2) is 0 Å². The second-order valence-corrected chi connectivity index (χ2v) is 6.07. The summed E-state index contributed by atoms with van der Waals surface area (Å²) in [5, 5.41) is 20.8. The van der Waals surface area contributed by atoms with Crippen LogP contribution in [0.25, 0.3) is 0 Å². The fourth-order valence-electron chi connectivity index (χ4n) is 4.72. The fourth-order valence-corrected chi connectivity index (χ4v) is 4.72. The predicted molar refractivity (Wildman–Crippen MR) is 55.4 cm³/mol. The van der Waals surface area contributed by atoms with E-state index in [9.17, 15) is 10.2 Å². The zero-order chi connectivity index (χ0) is 10.7. The van der Waals surface area contributed by atoms with E-state index in [1.807, 2.05) is 6.92 Å². The Balaban J connectivity index is 1.94. The molecule has 4 fully saturated rings. The van der Waals surface area contributed by atoms with E-state index in [1.165, 1.54) is 0 Å². The molecule has 15 heavy (non-hydrogen) atoms. The molecule has 4 aliphatic carbocycles. The number of hydrogen-bond donors (Lipinski definition) is 2. The summed E-state index contributed by atoms with van der Waals surface area (Å²) in [6.07, 6.45) is 4.78. The highest BCUT2D eigenvalue weighted by atomic mass is 16.5. The minimum Gasteiger partial charge on any atom is -0.390 e. The summed E-state index contributed by atoms with van der Waals surface area (Å²) in [5.74, 6) is 0.461. The molecule has 0 aliphatic heterocycles. The van der Waals surface area contributed by atoms with Crippen molar-refractivity contribution in [3.63, 3.8) is 0 Å². The van der Waals surface area contributed by atoms with Crippen molar-refractivity contribution in [3.05, 3.63) is 0 Å². The molecule has 0 radical (unpaired) electrons. The molecule has 0 aromatic carbocycles. The SMILES string of the molecule is CCOC12CC3CC(O)(CC(O)(C3)C1)C2. The average molecular weight is 212 g/mol. The molecule has 3 nitrogen and oxygen atoms in total. The van der Waals surface area contributed by atoms with E-state index in [0.29, 0.717) is 18.9 Å². The summed E-state index contributed by atoms with van der Waals surface area (Å²) in [7, 11) is 0. The molecule has 0 aromatic rings. The van der Waals surface area contributed by atoms with Crippen LogP contribution in [-0.2, 0) is 4.74 Å². The van der Waals surface area contributed by atoms with Gasteiger partial charge in [-0.3, -0.25) is 0 Å². The summed E-state index contributed by atoms with van der Waals surface area (Å²) in [5.41, 5.74) is -1.52. The molecule has 2 atom stereocenters. The van der Waals surface area contributed by atoms with Crippen LogP contribution in [-0.4, -0.2) is 33.6 Å². The van der Waals surface area contributed by atoms with Crippen molar-refractivity contribution in [2.75, 3.05) is 6.61 Å². The third-order valence-electron chi connectivity index (χ3n) is 4.41. The zero-order valence-electron chi connectivity index (χ0n) is 9.33. The van der Waals surface area contributed by atoms with Crippen molar-refractivity contribution < 1.29 is 14.9 Å². The summed E-state index contributed by atoms with van der Waals surface area (Å²) < 4.78 is 5.85. The molecule has 4 bridgehead atoms. The molecule has 2 N–H and O–H groups in total. The lowest BCUT2D eigenvalue weighted by Gasteiger charge is -2.62. The van der Waals surface area contributed by atoms with Gasteiger partial charge in [0, 0.05) is 25.9 Å². The topological polar surface area (TPSA) is 49.7 Å². The fraction of sp³-hybridized carbons (Fsp3) is 1.00. The number of hydrogen-bond acceptors (Lipinski definition) is 3. The lowest BCUT2D eigenvalue weighted by Crippen LogP contribution is -2.66. The summed E-state index contributed by atoms with van der Waals surface area (Å²) >= 11 is 0. The minimum atomic E-state index is -0.649. The Morgan fingerprint density at radius 1 is 1.07 bits per heavy atom. The maximum atomic E-state index is 10.4.